The summed E-state index contributed by atoms with van der Waals surface area (Å²) in [6.45, 7) is 5.00. The minimum Gasteiger partial charge on any atom is -0.494 e. The van der Waals surface area contributed by atoms with Crippen LogP contribution in [0.15, 0.2) is 77.7 Å². The molecule has 0 aliphatic carbocycles. The first kappa shape index (κ1) is 35.9. The fraction of sp³-hybridized carbons (Fsp3) is 0.486. The summed E-state index contributed by atoms with van der Waals surface area (Å²) < 4.78 is 62.8. The summed E-state index contributed by atoms with van der Waals surface area (Å²) in [6.07, 6.45) is -0.170. The van der Waals surface area contributed by atoms with Crippen LogP contribution >= 0.6 is 0 Å². The fourth-order valence-corrected chi connectivity index (χ4v) is 8.08. The van der Waals surface area contributed by atoms with Gasteiger partial charge in [-0.15, -0.1) is 0 Å². The molecule has 5 atom stereocenters. The minimum atomic E-state index is -4.06. The Labute approximate surface area is 293 Å². The lowest BCUT2D eigenvalue weighted by Crippen LogP contribution is -2.51. The number of carbonyl (C=O) groups is 1. The van der Waals surface area contributed by atoms with Crippen LogP contribution in [-0.4, -0.2) is 88.2 Å². The summed E-state index contributed by atoms with van der Waals surface area (Å²) in [5, 5.41) is 14.5. The van der Waals surface area contributed by atoms with Gasteiger partial charge in [0.25, 0.3) is 0 Å². The SMILES string of the molecule is CC(C)CN(CC(O)C(Cc1ccc(OCCCc2ccccc2)cc1)NC(=O)OC1COC2OCCC12)S(=O)(=O)c1ccc2c(c1)OCO2. The van der Waals surface area contributed by atoms with E-state index in [1.807, 2.05) is 56.3 Å². The van der Waals surface area contributed by atoms with Crippen LogP contribution in [0, 0.1) is 11.8 Å². The molecule has 0 spiro atoms. The predicted octanol–water partition coefficient (Wildman–Crippen LogP) is 4.53. The van der Waals surface area contributed by atoms with E-state index in [2.05, 4.69) is 17.4 Å². The van der Waals surface area contributed by atoms with Crippen LogP contribution in [0.25, 0.3) is 0 Å². The van der Waals surface area contributed by atoms with E-state index in [-0.39, 0.29) is 55.9 Å². The van der Waals surface area contributed by atoms with Gasteiger partial charge in [0, 0.05) is 19.2 Å². The summed E-state index contributed by atoms with van der Waals surface area (Å²) in [7, 11) is -4.06. The van der Waals surface area contributed by atoms with Gasteiger partial charge in [0.15, 0.2) is 17.8 Å². The molecule has 3 aromatic carbocycles. The van der Waals surface area contributed by atoms with Gasteiger partial charge in [-0.2, -0.15) is 4.31 Å². The molecule has 0 aromatic heterocycles. The van der Waals surface area contributed by atoms with E-state index in [1.54, 1.807) is 6.07 Å². The number of hydrogen-bond donors (Lipinski definition) is 2. The Kier molecular flexibility index (Phi) is 11.8. The number of aryl methyl sites for hydroxylation is 1. The van der Waals surface area contributed by atoms with Crippen molar-refractivity contribution in [2.75, 3.05) is 39.7 Å². The van der Waals surface area contributed by atoms with Crippen molar-refractivity contribution in [1.29, 1.82) is 0 Å². The molecule has 270 valence electrons. The topological polar surface area (TPSA) is 142 Å². The van der Waals surface area contributed by atoms with E-state index >= 15 is 0 Å². The number of sulfonamides is 1. The Bertz CT molecular complexity index is 1670. The van der Waals surface area contributed by atoms with Crippen LogP contribution in [0.2, 0.25) is 0 Å². The van der Waals surface area contributed by atoms with Crippen molar-refractivity contribution in [2.24, 2.45) is 11.8 Å². The first-order chi connectivity index (χ1) is 24.2. The van der Waals surface area contributed by atoms with Crippen LogP contribution in [-0.2, 0) is 37.1 Å². The molecule has 0 saturated carbocycles. The molecule has 0 radical (unpaired) electrons. The third-order valence-electron chi connectivity index (χ3n) is 9.05. The second-order valence-corrected chi connectivity index (χ2v) is 15.2. The van der Waals surface area contributed by atoms with Crippen molar-refractivity contribution >= 4 is 16.1 Å². The summed E-state index contributed by atoms with van der Waals surface area (Å²) in [4.78, 5) is 13.3. The normalized spacial score (nSPS) is 20.9. The maximum absolute atomic E-state index is 13.9. The highest BCUT2D eigenvalue weighted by molar-refractivity contribution is 7.89. The largest absolute Gasteiger partial charge is 0.494 e. The number of aliphatic hydroxyl groups is 1. The maximum Gasteiger partial charge on any atom is 0.407 e. The zero-order valence-electron chi connectivity index (χ0n) is 28.4. The molecular weight excluding hydrogens is 664 g/mol. The second-order valence-electron chi connectivity index (χ2n) is 13.3. The van der Waals surface area contributed by atoms with Crippen LogP contribution < -0.4 is 19.5 Å². The molecular formula is C37H46N2O10S. The quantitative estimate of drug-likeness (QED) is 0.204. The lowest BCUT2D eigenvalue weighted by atomic mass is 10.0. The molecule has 50 heavy (non-hydrogen) atoms. The molecule has 13 heteroatoms. The monoisotopic (exact) mass is 710 g/mol. The Morgan fingerprint density at radius 3 is 2.54 bits per heavy atom. The van der Waals surface area contributed by atoms with Crippen LogP contribution in [0.1, 0.15) is 37.8 Å². The average Bonchev–Trinajstić information content (AvgIpc) is 3.86. The molecule has 3 heterocycles. The zero-order valence-corrected chi connectivity index (χ0v) is 29.3. The molecule has 12 nitrogen and oxygen atoms in total. The van der Waals surface area contributed by atoms with Gasteiger partial charge in [0.1, 0.15) is 11.9 Å². The van der Waals surface area contributed by atoms with Gasteiger partial charge in [-0.1, -0.05) is 56.3 Å². The van der Waals surface area contributed by atoms with Crippen molar-refractivity contribution < 1.29 is 46.7 Å². The van der Waals surface area contributed by atoms with Gasteiger partial charge in [-0.3, -0.25) is 0 Å². The van der Waals surface area contributed by atoms with Gasteiger partial charge in [-0.25, -0.2) is 13.2 Å². The van der Waals surface area contributed by atoms with Gasteiger partial charge in [0.05, 0.1) is 42.8 Å². The number of aliphatic hydroxyl groups excluding tert-OH is 1. The number of fused-ring (bicyclic) bond motifs is 2. The number of amides is 1. The number of hydrogen-bond acceptors (Lipinski definition) is 10. The number of nitrogens with zero attached hydrogens (tertiary/aromatic N) is 1. The molecule has 1 amide bonds. The fourth-order valence-electron chi connectivity index (χ4n) is 6.44. The Balaban J connectivity index is 1.14. The molecule has 2 N–H and O–H groups in total. The van der Waals surface area contributed by atoms with Crippen LogP contribution in [0.4, 0.5) is 4.79 Å². The lowest BCUT2D eigenvalue weighted by Gasteiger charge is -2.31. The van der Waals surface area contributed by atoms with Gasteiger partial charge in [-0.05, 0) is 67.0 Å². The summed E-state index contributed by atoms with van der Waals surface area (Å²) in [6, 6.07) is 21.3. The van der Waals surface area contributed by atoms with Gasteiger partial charge >= 0.3 is 6.09 Å². The third kappa shape index (κ3) is 9.07. The molecule has 0 bridgehead atoms. The number of nitrogens with one attached hydrogen (secondary N) is 1. The highest BCUT2D eigenvalue weighted by Gasteiger charge is 2.44. The minimum absolute atomic E-state index is 0.0134. The molecule has 2 saturated heterocycles. The van der Waals surface area contributed by atoms with Crippen LogP contribution in [0.5, 0.6) is 17.2 Å². The van der Waals surface area contributed by atoms with Crippen molar-refractivity contribution in [3.63, 3.8) is 0 Å². The third-order valence-corrected chi connectivity index (χ3v) is 10.9. The van der Waals surface area contributed by atoms with Crippen molar-refractivity contribution in [1.82, 2.24) is 9.62 Å². The molecule has 6 rings (SSSR count). The van der Waals surface area contributed by atoms with Gasteiger partial charge in [0.2, 0.25) is 16.8 Å². The van der Waals surface area contributed by atoms with Gasteiger partial charge < -0.3 is 38.8 Å². The van der Waals surface area contributed by atoms with Crippen LogP contribution in [0.3, 0.4) is 0 Å². The number of benzene rings is 3. The lowest BCUT2D eigenvalue weighted by molar-refractivity contribution is -0.0907. The van der Waals surface area contributed by atoms with E-state index in [0.717, 1.165) is 24.8 Å². The molecule has 3 aliphatic rings. The second kappa shape index (κ2) is 16.4. The predicted molar refractivity (Wildman–Crippen MR) is 184 cm³/mol. The smallest absolute Gasteiger partial charge is 0.407 e. The van der Waals surface area contributed by atoms with E-state index in [4.69, 9.17) is 28.4 Å². The highest BCUT2D eigenvalue weighted by atomic mass is 32.2. The van der Waals surface area contributed by atoms with E-state index in [9.17, 15) is 18.3 Å². The Morgan fingerprint density at radius 2 is 1.76 bits per heavy atom. The first-order valence-electron chi connectivity index (χ1n) is 17.2. The molecule has 3 aliphatic heterocycles. The zero-order chi connectivity index (χ0) is 35.1. The Hall–Kier alpha value is -3.88. The molecule has 5 unspecified atom stereocenters. The Morgan fingerprint density at radius 1 is 0.980 bits per heavy atom. The van der Waals surface area contributed by atoms with Crippen molar-refractivity contribution in [3.8, 4) is 17.2 Å². The standard InChI is InChI=1S/C37H46N2O10S/c1-25(2)21-39(50(42,43)29-14-15-33-34(20-29)48-24-47-33)22-32(40)31(38-37(41)49-35-23-46-36-30(35)16-18-45-36)19-27-10-12-28(13-11-27)44-17-6-9-26-7-4-3-5-8-26/h3-5,7-8,10-15,20,25,30-32,35-36,40H,6,9,16-19,21-24H2,1-2H3,(H,38,41). The number of carbonyl (C=O) groups excluding carboxylic acids is 1. The van der Waals surface area contributed by atoms with E-state index in [0.29, 0.717) is 30.5 Å². The summed E-state index contributed by atoms with van der Waals surface area (Å²) in [5.41, 5.74) is 2.07. The molecule has 2 fully saturated rings. The van der Waals surface area contributed by atoms with Crippen molar-refractivity contribution in [3.05, 3.63) is 83.9 Å². The number of ether oxygens (including phenoxy) is 6. The summed E-state index contributed by atoms with van der Waals surface area (Å²) >= 11 is 0. The summed E-state index contributed by atoms with van der Waals surface area (Å²) in [5.74, 6) is 1.41. The maximum atomic E-state index is 13.9. The number of rotatable bonds is 16. The average molecular weight is 711 g/mol. The first-order valence-corrected chi connectivity index (χ1v) is 18.6. The van der Waals surface area contributed by atoms with E-state index < -0.39 is 34.4 Å². The molecule has 3 aromatic rings. The number of alkyl carbamates (subject to hydrolysis) is 1. The van der Waals surface area contributed by atoms with E-state index in [1.165, 1.54) is 22.0 Å². The highest BCUT2D eigenvalue weighted by Crippen LogP contribution is 2.35. The van der Waals surface area contributed by atoms with Crippen molar-refractivity contribution in [2.45, 2.75) is 69.0 Å².